The molecule has 0 amide bonds. The number of nitrogens with zero attached hydrogens (tertiary/aromatic N) is 5. The highest BCUT2D eigenvalue weighted by atomic mass is 35.5. The second-order valence-electron chi connectivity index (χ2n) is 10.6. The highest BCUT2D eigenvalue weighted by Gasteiger charge is 2.26. The lowest BCUT2D eigenvalue weighted by Gasteiger charge is -2.31. The number of imidazole rings is 1. The van der Waals surface area contributed by atoms with Gasteiger partial charge in [-0.15, -0.1) is 0 Å². The van der Waals surface area contributed by atoms with E-state index in [0.717, 1.165) is 75.6 Å². The number of carboxylic acid groups (broad SMARTS) is 2. The van der Waals surface area contributed by atoms with E-state index in [9.17, 15) is 9.59 Å². The predicted octanol–water partition coefficient (Wildman–Crippen LogP) is 1.96. The number of aromatic nitrogens is 4. The normalized spacial score (nSPS) is 13.2. The zero-order valence-corrected chi connectivity index (χ0v) is 28.0. The van der Waals surface area contributed by atoms with Gasteiger partial charge < -0.3 is 35.1 Å². The van der Waals surface area contributed by atoms with Gasteiger partial charge in [0.1, 0.15) is 23.2 Å². The first kappa shape index (κ1) is 39.0. The molecule has 1 aliphatic heterocycles. The fourth-order valence-corrected chi connectivity index (χ4v) is 5.79. The summed E-state index contributed by atoms with van der Waals surface area (Å²) in [6, 6.07) is 5.92. The predicted molar refractivity (Wildman–Crippen MR) is 173 cm³/mol. The molecule has 0 radical (unpaired) electrons. The van der Waals surface area contributed by atoms with Gasteiger partial charge in [0.2, 0.25) is 0 Å². The summed E-state index contributed by atoms with van der Waals surface area (Å²) in [5, 5.41) is 15.3. The van der Waals surface area contributed by atoms with Crippen LogP contribution in [0.25, 0.3) is 11.0 Å². The maximum atomic E-state index is 12.9. The van der Waals surface area contributed by atoms with Crippen molar-refractivity contribution >= 4 is 53.0 Å². The van der Waals surface area contributed by atoms with Gasteiger partial charge in [0, 0.05) is 38.5 Å². The molecule has 0 saturated carbocycles. The summed E-state index contributed by atoms with van der Waals surface area (Å²) in [5.41, 5.74) is 8.03. The Labute approximate surface area is 279 Å². The van der Waals surface area contributed by atoms with Crippen molar-refractivity contribution in [2.45, 2.75) is 66.0 Å². The van der Waals surface area contributed by atoms with Crippen molar-refractivity contribution in [2.75, 3.05) is 45.2 Å². The second-order valence-corrected chi connectivity index (χ2v) is 11.0. The van der Waals surface area contributed by atoms with Crippen LogP contribution in [0.3, 0.4) is 0 Å². The summed E-state index contributed by atoms with van der Waals surface area (Å²) in [4.78, 5) is 52.7. The molecule has 3 heterocycles. The third kappa shape index (κ3) is 11.9. The van der Waals surface area contributed by atoms with Gasteiger partial charge in [-0.2, -0.15) is 0 Å². The number of ether oxygens (including phenoxy) is 2. The maximum absolute atomic E-state index is 12.9. The Kier molecular flexibility index (Phi) is 17.3. The molecule has 0 bridgehead atoms. The summed E-state index contributed by atoms with van der Waals surface area (Å²) >= 11 is 5.93. The molecule has 0 spiro atoms. The third-order valence-corrected chi connectivity index (χ3v) is 7.96. The van der Waals surface area contributed by atoms with Crippen LogP contribution < -0.4 is 20.1 Å². The number of aryl methyl sites for hydroxylation is 2. The van der Waals surface area contributed by atoms with Crippen LogP contribution in [0.5, 0.6) is 5.75 Å². The van der Waals surface area contributed by atoms with E-state index in [-0.39, 0.29) is 47.7 Å². The second kappa shape index (κ2) is 20.9. The minimum absolute atomic E-state index is 0.0696. The molecule has 3 aromatic rings. The fraction of sp³-hybridized carbons (Fsp3) is 0.531. The molecule has 15 heteroatoms. The number of halogens is 1. The van der Waals surface area contributed by atoms with E-state index in [1.54, 1.807) is 0 Å². The molecule has 47 heavy (non-hydrogen) atoms. The molecular formula is C32H45ClN6O8. The smallest absolute Gasteiger partial charge is 0.290 e. The minimum Gasteiger partial charge on any atom is -0.554 e. The van der Waals surface area contributed by atoms with E-state index in [2.05, 4.69) is 37.8 Å². The van der Waals surface area contributed by atoms with Crippen molar-refractivity contribution in [3.63, 3.8) is 0 Å². The van der Waals surface area contributed by atoms with Gasteiger partial charge in [-0.1, -0.05) is 11.6 Å². The Bertz CT molecular complexity index is 1450. The third-order valence-electron chi connectivity index (χ3n) is 7.77. The zero-order chi connectivity index (χ0) is 34.8. The van der Waals surface area contributed by atoms with Crippen molar-refractivity contribution in [3.05, 3.63) is 41.1 Å². The molecular weight excluding hydrogens is 632 g/mol. The van der Waals surface area contributed by atoms with Crippen LogP contribution >= 0.6 is 11.6 Å². The van der Waals surface area contributed by atoms with Crippen molar-refractivity contribution in [3.8, 4) is 5.75 Å². The lowest BCUT2D eigenvalue weighted by atomic mass is 9.92. The molecule has 1 aliphatic rings. The molecule has 2 aromatic heterocycles. The minimum atomic E-state index is -0.500. The van der Waals surface area contributed by atoms with Crippen LogP contribution in [0.15, 0.2) is 24.4 Å². The Hall–Kier alpha value is -4.14. The lowest BCUT2D eigenvalue weighted by molar-refractivity contribution is -0.676. The summed E-state index contributed by atoms with van der Waals surface area (Å²) in [6.07, 6.45) is 4.68. The lowest BCUT2D eigenvalue weighted by Crippen LogP contribution is -2.37. The van der Waals surface area contributed by atoms with Gasteiger partial charge in [-0.25, -0.2) is 19.1 Å². The number of carbonyl (C=O) groups is 4. The molecule has 14 nitrogen and oxygen atoms in total. The Morgan fingerprint density at radius 3 is 2.51 bits per heavy atom. The maximum Gasteiger partial charge on any atom is 0.290 e. The van der Waals surface area contributed by atoms with Crippen LogP contribution in [0, 0.1) is 5.92 Å². The van der Waals surface area contributed by atoms with Crippen molar-refractivity contribution < 1.29 is 43.4 Å². The van der Waals surface area contributed by atoms with E-state index in [1.165, 1.54) is 6.20 Å². The van der Waals surface area contributed by atoms with Gasteiger partial charge in [0.05, 0.1) is 32.3 Å². The highest BCUT2D eigenvalue weighted by molar-refractivity contribution is 6.29. The van der Waals surface area contributed by atoms with E-state index < -0.39 is 6.47 Å². The molecule has 0 aliphatic carbocycles. The van der Waals surface area contributed by atoms with Gasteiger partial charge in [0.25, 0.3) is 12.3 Å². The van der Waals surface area contributed by atoms with Gasteiger partial charge >= 0.3 is 0 Å². The average Bonchev–Trinajstić information content (AvgIpc) is 3.37. The Morgan fingerprint density at radius 2 is 1.89 bits per heavy atom. The number of nitrogen functional groups attached to an aromatic ring is 1. The molecule has 0 atom stereocenters. The first-order valence-electron chi connectivity index (χ1n) is 15.6. The van der Waals surface area contributed by atoms with Crippen LogP contribution in [0.2, 0.25) is 5.15 Å². The summed E-state index contributed by atoms with van der Waals surface area (Å²) in [7, 11) is 0. The summed E-state index contributed by atoms with van der Waals surface area (Å²) in [5.74, 6) is 2.11. The van der Waals surface area contributed by atoms with E-state index in [4.69, 9.17) is 46.6 Å². The van der Waals surface area contributed by atoms with Gasteiger partial charge in [-0.3, -0.25) is 14.4 Å². The molecule has 0 unspecified atom stereocenters. The topological polar surface area (TPSA) is 194 Å². The Balaban J connectivity index is 0.00000119. The number of likely N-dealkylation sites (tertiary alicyclic amines) is 1. The van der Waals surface area contributed by atoms with Crippen LogP contribution in [0.1, 0.15) is 62.8 Å². The number of carbonyl (C=O) groups excluding carboxylic acids is 3. The zero-order valence-electron chi connectivity index (χ0n) is 27.2. The number of ketones is 2. The van der Waals surface area contributed by atoms with Crippen LogP contribution in [-0.4, -0.2) is 88.5 Å². The number of Topliss-reactive ketones (excluding diaryl/α,β-unsaturated/α-hetero) is 2. The number of hydrogen-bond acceptors (Lipinski definition) is 11. The molecule has 258 valence electrons. The standard InChI is InChI=1S/C30H41ClN6O4.2CH2O2/c1-4-36-24-8-7-23(41-20-22(38)17-21-11-13-35(14-12-21)15-16-40-6-3)18-25(24)37(5-2)28(36)10-9-26(39)29-30(32)33-19-27(31)34-29;2*2-1-3/h7-8,18-19,21H,4-6,9-17,20H2,1-3H3,(H-,32,33,39);2*1H,(H,2,3). The first-order chi connectivity index (χ1) is 22.7. The Morgan fingerprint density at radius 1 is 1.21 bits per heavy atom. The van der Waals surface area contributed by atoms with Crippen molar-refractivity contribution in [2.24, 2.45) is 5.92 Å². The number of rotatable bonds is 15. The SMILES string of the molecule is CCOCCN1CCC(CC(=O)COc2ccc3c(c2)n(CC)c(CCC(=O)c2nc(Cl)cnc2N)[n+]3CC)CC1.O=CO.O=C[O-]. The van der Waals surface area contributed by atoms with Crippen LogP contribution in [0.4, 0.5) is 5.82 Å². The fourth-order valence-electron chi connectivity index (χ4n) is 5.66. The van der Waals surface area contributed by atoms with Gasteiger partial charge in [0.15, 0.2) is 28.4 Å². The molecule has 1 fully saturated rings. The quantitative estimate of drug-likeness (QED) is 0.103. The number of nitrogens with two attached hydrogens (primary N) is 1. The van der Waals surface area contributed by atoms with Crippen molar-refractivity contribution in [1.29, 1.82) is 0 Å². The highest BCUT2D eigenvalue weighted by Crippen LogP contribution is 2.24. The number of hydrogen-bond donors (Lipinski definition) is 2. The van der Waals surface area contributed by atoms with E-state index in [0.29, 0.717) is 24.5 Å². The number of anilines is 1. The molecule has 3 N–H and O–H groups in total. The molecule has 4 rings (SSSR count). The number of fused-ring (bicyclic) bond motifs is 1. The first-order valence-corrected chi connectivity index (χ1v) is 16.0. The average molecular weight is 677 g/mol. The molecule has 1 saturated heterocycles. The van der Waals surface area contributed by atoms with Gasteiger partial charge in [-0.05, 0) is 64.8 Å². The number of piperidine rings is 1. The van der Waals surface area contributed by atoms with E-state index in [1.807, 2.05) is 25.1 Å². The summed E-state index contributed by atoms with van der Waals surface area (Å²) in [6.45, 7) is 11.5. The van der Waals surface area contributed by atoms with E-state index >= 15 is 0 Å². The monoisotopic (exact) mass is 676 g/mol. The molecule has 1 aromatic carbocycles. The summed E-state index contributed by atoms with van der Waals surface area (Å²) < 4.78 is 15.8. The van der Waals surface area contributed by atoms with Crippen molar-refractivity contribution in [1.82, 2.24) is 19.4 Å². The van der Waals surface area contributed by atoms with Crippen LogP contribution in [-0.2, 0) is 38.6 Å². The largest absolute Gasteiger partial charge is 0.554 e. The number of benzene rings is 1.